The Balaban J connectivity index is 1.27. The van der Waals surface area contributed by atoms with E-state index in [0.29, 0.717) is 12.1 Å². The number of aromatic nitrogens is 2. The number of imide groups is 1. The molecule has 2 N–H and O–H groups in total. The van der Waals surface area contributed by atoms with Crippen LogP contribution in [0, 0.1) is 5.92 Å². The van der Waals surface area contributed by atoms with Gasteiger partial charge in [0.15, 0.2) is 0 Å². The number of carbonyl (C=O) groups is 3. The molecule has 3 aromatic rings. The Hall–Kier alpha value is -3.68. The van der Waals surface area contributed by atoms with Crippen molar-refractivity contribution in [1.29, 1.82) is 0 Å². The highest BCUT2D eigenvalue weighted by Gasteiger charge is 2.55. The fourth-order valence-electron chi connectivity index (χ4n) is 5.09. The summed E-state index contributed by atoms with van der Waals surface area (Å²) < 4.78 is 2.03. The molecular weight excluding hydrogens is 418 g/mol. The van der Waals surface area contributed by atoms with E-state index < -0.39 is 17.5 Å². The van der Waals surface area contributed by atoms with Crippen LogP contribution >= 0.6 is 0 Å². The average Bonchev–Trinajstić information content (AvgIpc) is 3.26. The quantitative estimate of drug-likeness (QED) is 0.599. The molecule has 1 spiro atoms. The van der Waals surface area contributed by atoms with Crippen LogP contribution < -0.4 is 10.6 Å². The smallest absolute Gasteiger partial charge is 0.325 e. The molecule has 8 nitrogen and oxygen atoms in total. The minimum absolute atomic E-state index is 0.0612. The second-order valence-electron chi connectivity index (χ2n) is 9.05. The zero-order chi connectivity index (χ0) is 23.2. The summed E-state index contributed by atoms with van der Waals surface area (Å²) in [7, 11) is 1.97. The van der Waals surface area contributed by atoms with Crippen molar-refractivity contribution in [1.82, 2.24) is 19.8 Å². The molecule has 1 saturated heterocycles. The number of fused-ring (bicyclic) bond motifs is 1. The SMILES string of the molecule is CC1CCCCC12NC(=O)N(CC(=O)Nc1ccc(-c3nc4ccccc4n3C)cc1)C2=O. The minimum atomic E-state index is -0.858. The molecule has 2 unspecified atom stereocenters. The molecule has 1 saturated carbocycles. The van der Waals surface area contributed by atoms with Crippen molar-refractivity contribution in [3.63, 3.8) is 0 Å². The van der Waals surface area contributed by atoms with Gasteiger partial charge in [0, 0.05) is 18.3 Å². The topological polar surface area (TPSA) is 96.3 Å². The molecule has 5 rings (SSSR count). The fourth-order valence-corrected chi connectivity index (χ4v) is 5.09. The van der Waals surface area contributed by atoms with Crippen LogP contribution in [-0.4, -0.2) is 44.4 Å². The first-order valence-corrected chi connectivity index (χ1v) is 11.3. The normalized spacial score (nSPS) is 22.7. The largest absolute Gasteiger partial charge is 0.327 e. The zero-order valence-corrected chi connectivity index (χ0v) is 18.8. The van der Waals surface area contributed by atoms with E-state index in [2.05, 4.69) is 10.6 Å². The first-order valence-electron chi connectivity index (χ1n) is 11.3. The van der Waals surface area contributed by atoms with E-state index >= 15 is 0 Å². The number of urea groups is 1. The number of rotatable bonds is 4. The summed E-state index contributed by atoms with van der Waals surface area (Å²) in [5.74, 6) is 0.202. The number of nitrogens with zero attached hydrogens (tertiary/aromatic N) is 3. The molecule has 2 heterocycles. The Bertz CT molecular complexity index is 1250. The number of hydrogen-bond donors (Lipinski definition) is 2. The lowest BCUT2D eigenvalue weighted by Gasteiger charge is -2.36. The number of nitrogens with one attached hydrogen (secondary N) is 2. The molecule has 170 valence electrons. The van der Waals surface area contributed by atoms with Crippen LogP contribution in [0.5, 0.6) is 0 Å². The predicted molar refractivity (Wildman–Crippen MR) is 125 cm³/mol. The molecule has 2 fully saturated rings. The van der Waals surface area contributed by atoms with Crippen LogP contribution in [0.4, 0.5) is 10.5 Å². The Labute approximate surface area is 192 Å². The highest BCUT2D eigenvalue weighted by Crippen LogP contribution is 2.38. The van der Waals surface area contributed by atoms with Gasteiger partial charge in [0.1, 0.15) is 17.9 Å². The van der Waals surface area contributed by atoms with E-state index in [1.807, 2.05) is 54.9 Å². The predicted octanol–water partition coefficient (Wildman–Crippen LogP) is 3.68. The van der Waals surface area contributed by atoms with Gasteiger partial charge < -0.3 is 15.2 Å². The third kappa shape index (κ3) is 3.55. The molecular formula is C25H27N5O3. The van der Waals surface area contributed by atoms with E-state index in [1.165, 1.54) is 0 Å². The second kappa shape index (κ2) is 8.03. The van der Waals surface area contributed by atoms with Gasteiger partial charge in [0.2, 0.25) is 5.91 Å². The maximum atomic E-state index is 13.1. The lowest BCUT2D eigenvalue weighted by molar-refractivity contribution is -0.136. The molecule has 2 aliphatic rings. The van der Waals surface area contributed by atoms with E-state index in [0.717, 1.165) is 46.6 Å². The van der Waals surface area contributed by atoms with Crippen molar-refractivity contribution in [2.75, 3.05) is 11.9 Å². The molecule has 2 atom stereocenters. The van der Waals surface area contributed by atoms with Gasteiger partial charge in [-0.05, 0) is 55.2 Å². The molecule has 33 heavy (non-hydrogen) atoms. The van der Waals surface area contributed by atoms with Crippen LogP contribution in [0.1, 0.15) is 32.6 Å². The first-order chi connectivity index (χ1) is 15.9. The summed E-state index contributed by atoms with van der Waals surface area (Å²) in [6.45, 7) is 1.69. The summed E-state index contributed by atoms with van der Waals surface area (Å²) in [5, 5.41) is 5.67. The summed E-state index contributed by atoms with van der Waals surface area (Å²) in [4.78, 5) is 43.9. The molecule has 0 radical (unpaired) electrons. The lowest BCUT2D eigenvalue weighted by atomic mass is 9.73. The average molecular weight is 446 g/mol. The minimum Gasteiger partial charge on any atom is -0.327 e. The molecule has 0 bridgehead atoms. The zero-order valence-electron chi connectivity index (χ0n) is 18.8. The van der Waals surface area contributed by atoms with E-state index in [4.69, 9.17) is 4.98 Å². The molecule has 4 amide bonds. The number of aryl methyl sites for hydroxylation is 1. The third-order valence-corrected chi connectivity index (χ3v) is 7.02. The molecule has 2 aromatic carbocycles. The van der Waals surface area contributed by atoms with Crippen molar-refractivity contribution in [2.45, 2.75) is 38.1 Å². The van der Waals surface area contributed by atoms with Crippen molar-refractivity contribution in [3.8, 4) is 11.4 Å². The number of anilines is 1. The van der Waals surface area contributed by atoms with Crippen LogP contribution in [0.15, 0.2) is 48.5 Å². The van der Waals surface area contributed by atoms with Gasteiger partial charge in [-0.25, -0.2) is 9.78 Å². The maximum Gasteiger partial charge on any atom is 0.325 e. The Morgan fingerprint density at radius 2 is 1.91 bits per heavy atom. The van der Waals surface area contributed by atoms with E-state index in [-0.39, 0.29) is 18.4 Å². The fraction of sp³-hybridized carbons (Fsp3) is 0.360. The van der Waals surface area contributed by atoms with Crippen LogP contribution in [0.25, 0.3) is 22.4 Å². The van der Waals surface area contributed by atoms with E-state index in [1.54, 1.807) is 12.1 Å². The van der Waals surface area contributed by atoms with E-state index in [9.17, 15) is 14.4 Å². The molecule has 8 heteroatoms. The van der Waals surface area contributed by atoms with Gasteiger partial charge in [-0.2, -0.15) is 0 Å². The summed E-state index contributed by atoms with van der Waals surface area (Å²) in [5.41, 5.74) is 2.63. The molecule has 1 aromatic heterocycles. The standard InChI is InChI=1S/C25H27N5O3/c1-16-7-5-6-14-25(16)23(32)30(24(33)28-25)15-21(31)26-18-12-10-17(11-13-18)22-27-19-8-3-4-9-20(19)29(22)2/h3-4,8-13,16H,5-7,14-15H2,1-2H3,(H,26,31)(H,28,33). The van der Waals surface area contributed by atoms with Gasteiger partial charge in [-0.1, -0.05) is 31.9 Å². The molecule has 1 aliphatic carbocycles. The Morgan fingerprint density at radius 3 is 2.64 bits per heavy atom. The summed E-state index contributed by atoms with van der Waals surface area (Å²) in [6.07, 6.45) is 3.47. The van der Waals surface area contributed by atoms with Crippen molar-refractivity contribution < 1.29 is 14.4 Å². The van der Waals surface area contributed by atoms with Gasteiger partial charge in [0.05, 0.1) is 11.0 Å². The van der Waals surface area contributed by atoms with Crippen molar-refractivity contribution in [2.24, 2.45) is 13.0 Å². The van der Waals surface area contributed by atoms with Crippen LogP contribution in [-0.2, 0) is 16.6 Å². The highest BCUT2D eigenvalue weighted by atomic mass is 16.2. The number of hydrogen-bond acceptors (Lipinski definition) is 4. The van der Waals surface area contributed by atoms with Crippen molar-refractivity contribution >= 4 is 34.6 Å². The summed E-state index contributed by atoms with van der Waals surface area (Å²) in [6, 6.07) is 14.8. The lowest BCUT2D eigenvalue weighted by Crippen LogP contribution is -2.54. The first kappa shape index (κ1) is 21.2. The number of amides is 4. The summed E-state index contributed by atoms with van der Waals surface area (Å²) >= 11 is 0. The number of benzene rings is 2. The Kier molecular flexibility index (Phi) is 5.15. The van der Waals surface area contributed by atoms with Crippen LogP contribution in [0.3, 0.4) is 0 Å². The second-order valence-corrected chi connectivity index (χ2v) is 9.05. The van der Waals surface area contributed by atoms with Crippen LogP contribution in [0.2, 0.25) is 0 Å². The highest BCUT2D eigenvalue weighted by molar-refractivity contribution is 6.10. The van der Waals surface area contributed by atoms with Gasteiger partial charge >= 0.3 is 6.03 Å². The number of carbonyl (C=O) groups excluding carboxylic acids is 3. The number of imidazole rings is 1. The monoisotopic (exact) mass is 445 g/mol. The molecule has 1 aliphatic heterocycles. The third-order valence-electron chi connectivity index (χ3n) is 7.02. The number of para-hydroxylation sites is 2. The van der Waals surface area contributed by atoms with Gasteiger partial charge in [-0.3, -0.25) is 14.5 Å². The van der Waals surface area contributed by atoms with Crippen molar-refractivity contribution in [3.05, 3.63) is 48.5 Å². The maximum absolute atomic E-state index is 13.1. The Morgan fingerprint density at radius 1 is 1.15 bits per heavy atom. The van der Waals surface area contributed by atoms with Gasteiger partial charge in [0.25, 0.3) is 5.91 Å². The van der Waals surface area contributed by atoms with Gasteiger partial charge in [-0.15, -0.1) is 0 Å².